The second-order valence-corrected chi connectivity index (χ2v) is 4.06. The third kappa shape index (κ3) is 2.92. The van der Waals surface area contributed by atoms with Crippen LogP contribution in [0.5, 0.6) is 5.75 Å². The minimum absolute atomic E-state index is 0.156. The topological polar surface area (TPSA) is 52.1 Å². The maximum Gasteiger partial charge on any atom is 0.314 e. The molecule has 0 saturated heterocycles. The zero-order valence-electron chi connectivity index (χ0n) is 9.87. The van der Waals surface area contributed by atoms with E-state index >= 15 is 0 Å². The molecule has 1 aromatic heterocycles. The van der Waals surface area contributed by atoms with Gasteiger partial charge in [-0.3, -0.25) is 4.79 Å². The van der Waals surface area contributed by atoms with Crippen molar-refractivity contribution in [1.29, 1.82) is 0 Å². The molecule has 16 heavy (non-hydrogen) atoms. The summed E-state index contributed by atoms with van der Waals surface area (Å²) >= 11 is 5.90. The number of rotatable bonds is 3. The summed E-state index contributed by atoms with van der Waals surface area (Å²) < 4.78 is 5.19. The molecule has 0 aliphatic rings. The number of carbonyl (C=O) groups is 1. The van der Waals surface area contributed by atoms with Crippen molar-refractivity contribution in [2.24, 2.45) is 5.92 Å². The molecule has 0 aliphatic heterocycles. The summed E-state index contributed by atoms with van der Waals surface area (Å²) in [6, 6.07) is 0. The summed E-state index contributed by atoms with van der Waals surface area (Å²) in [7, 11) is 0. The van der Waals surface area contributed by atoms with E-state index in [1.54, 1.807) is 20.8 Å². The number of aromatic nitrogens is 2. The molecule has 1 aromatic rings. The molecule has 0 spiro atoms. The number of ether oxygens (including phenoxy) is 1. The highest BCUT2D eigenvalue weighted by molar-refractivity contribution is 6.31. The van der Waals surface area contributed by atoms with E-state index in [9.17, 15) is 4.79 Å². The van der Waals surface area contributed by atoms with E-state index in [0.29, 0.717) is 11.5 Å². The molecular formula is C11H15ClN2O2. The van der Waals surface area contributed by atoms with E-state index in [1.165, 1.54) is 0 Å². The monoisotopic (exact) mass is 242 g/mol. The van der Waals surface area contributed by atoms with Crippen LogP contribution in [0.15, 0.2) is 0 Å². The van der Waals surface area contributed by atoms with Gasteiger partial charge in [-0.05, 0) is 20.3 Å². The molecule has 0 saturated carbocycles. The Labute approximate surface area is 100 Å². The number of aryl methyl sites for hydroxylation is 2. The summed E-state index contributed by atoms with van der Waals surface area (Å²) in [5.74, 6) is 0.361. The molecule has 88 valence electrons. The quantitative estimate of drug-likeness (QED) is 0.604. The van der Waals surface area contributed by atoms with Gasteiger partial charge >= 0.3 is 5.97 Å². The smallest absolute Gasteiger partial charge is 0.314 e. The summed E-state index contributed by atoms with van der Waals surface area (Å²) in [5.41, 5.74) is 0.578. The lowest BCUT2D eigenvalue weighted by molar-refractivity contribution is -0.138. The van der Waals surface area contributed by atoms with Gasteiger partial charge in [0.05, 0.1) is 11.6 Å². The first-order valence-corrected chi connectivity index (χ1v) is 5.56. The summed E-state index contributed by atoms with van der Waals surface area (Å²) in [6.45, 7) is 7.20. The van der Waals surface area contributed by atoms with Crippen LogP contribution in [0.25, 0.3) is 0 Å². The Kier molecular flexibility index (Phi) is 4.24. The van der Waals surface area contributed by atoms with Gasteiger partial charge in [-0.2, -0.15) is 0 Å². The molecule has 0 aromatic carbocycles. The fourth-order valence-corrected chi connectivity index (χ4v) is 1.44. The minimum atomic E-state index is -0.306. The standard InChI is InChI=1S/C11H15ClN2O2/c1-5-6(2)11(15)16-9-7(3)13-8(4)14-10(9)12/h6H,5H2,1-4H3. The number of carbonyl (C=O) groups excluding carboxylic acids is 1. The normalized spacial score (nSPS) is 12.3. The molecular weight excluding hydrogens is 228 g/mol. The fourth-order valence-electron chi connectivity index (χ4n) is 1.14. The van der Waals surface area contributed by atoms with E-state index in [4.69, 9.17) is 16.3 Å². The third-order valence-electron chi connectivity index (χ3n) is 2.32. The highest BCUT2D eigenvalue weighted by Crippen LogP contribution is 2.26. The van der Waals surface area contributed by atoms with Crippen molar-refractivity contribution in [3.05, 3.63) is 16.7 Å². The van der Waals surface area contributed by atoms with E-state index in [1.807, 2.05) is 6.92 Å². The van der Waals surface area contributed by atoms with Crippen LogP contribution < -0.4 is 4.74 Å². The molecule has 0 fully saturated rings. The Morgan fingerprint density at radius 1 is 1.44 bits per heavy atom. The number of nitrogens with zero attached hydrogens (tertiary/aromatic N) is 2. The summed E-state index contributed by atoms with van der Waals surface area (Å²) in [6.07, 6.45) is 0.724. The van der Waals surface area contributed by atoms with Crippen molar-refractivity contribution >= 4 is 17.6 Å². The maximum absolute atomic E-state index is 11.6. The van der Waals surface area contributed by atoms with Gasteiger partial charge in [0.2, 0.25) is 0 Å². The molecule has 1 unspecified atom stereocenters. The van der Waals surface area contributed by atoms with Crippen molar-refractivity contribution < 1.29 is 9.53 Å². The molecule has 5 heteroatoms. The number of hydrogen-bond acceptors (Lipinski definition) is 4. The number of esters is 1. The zero-order chi connectivity index (χ0) is 12.3. The van der Waals surface area contributed by atoms with E-state index in [2.05, 4.69) is 9.97 Å². The van der Waals surface area contributed by atoms with E-state index < -0.39 is 0 Å². The third-order valence-corrected chi connectivity index (χ3v) is 2.58. The Morgan fingerprint density at radius 3 is 2.56 bits per heavy atom. The largest absolute Gasteiger partial charge is 0.421 e. The molecule has 0 aliphatic carbocycles. The summed E-state index contributed by atoms with van der Waals surface area (Å²) in [5, 5.41) is 0.182. The predicted molar refractivity (Wildman–Crippen MR) is 61.6 cm³/mol. The number of halogens is 1. The average Bonchev–Trinajstić information content (AvgIpc) is 2.21. The van der Waals surface area contributed by atoms with Gasteiger partial charge in [-0.15, -0.1) is 0 Å². The predicted octanol–water partition coefficient (Wildman–Crippen LogP) is 2.70. The van der Waals surface area contributed by atoms with Crippen molar-refractivity contribution in [2.75, 3.05) is 0 Å². The fraction of sp³-hybridized carbons (Fsp3) is 0.545. The first-order valence-electron chi connectivity index (χ1n) is 5.18. The van der Waals surface area contributed by atoms with Gasteiger partial charge in [0, 0.05) is 0 Å². The Morgan fingerprint density at radius 2 is 2.06 bits per heavy atom. The molecule has 0 bridgehead atoms. The highest BCUT2D eigenvalue weighted by atomic mass is 35.5. The second-order valence-electron chi connectivity index (χ2n) is 3.71. The first-order chi connectivity index (χ1) is 7.45. The Bertz CT molecular complexity index is 384. The van der Waals surface area contributed by atoms with Gasteiger partial charge in [-0.1, -0.05) is 25.4 Å². The van der Waals surface area contributed by atoms with Crippen molar-refractivity contribution in [2.45, 2.75) is 34.1 Å². The van der Waals surface area contributed by atoms with Gasteiger partial charge in [0.25, 0.3) is 0 Å². The molecule has 1 heterocycles. The molecule has 0 N–H and O–H groups in total. The van der Waals surface area contributed by atoms with Gasteiger partial charge in [-0.25, -0.2) is 9.97 Å². The SMILES string of the molecule is CCC(C)C(=O)Oc1c(C)nc(C)nc1Cl. The maximum atomic E-state index is 11.6. The zero-order valence-corrected chi connectivity index (χ0v) is 10.6. The van der Waals surface area contributed by atoms with Crippen LogP contribution in [-0.4, -0.2) is 15.9 Å². The summed E-state index contributed by atoms with van der Waals surface area (Å²) in [4.78, 5) is 19.6. The van der Waals surface area contributed by atoms with E-state index in [-0.39, 0.29) is 22.8 Å². The average molecular weight is 243 g/mol. The van der Waals surface area contributed by atoms with Crippen LogP contribution in [0.2, 0.25) is 5.15 Å². The molecule has 0 radical (unpaired) electrons. The van der Waals surface area contributed by atoms with Crippen LogP contribution in [0.4, 0.5) is 0 Å². The Hall–Kier alpha value is -1.16. The highest BCUT2D eigenvalue weighted by Gasteiger charge is 2.18. The Balaban J connectivity index is 2.93. The second kappa shape index (κ2) is 5.25. The van der Waals surface area contributed by atoms with Crippen LogP contribution in [0.1, 0.15) is 31.8 Å². The number of hydrogen-bond donors (Lipinski definition) is 0. The van der Waals surface area contributed by atoms with Crippen LogP contribution >= 0.6 is 11.6 Å². The molecule has 1 rings (SSSR count). The van der Waals surface area contributed by atoms with Crippen molar-refractivity contribution in [1.82, 2.24) is 9.97 Å². The molecule has 4 nitrogen and oxygen atoms in total. The van der Waals surface area contributed by atoms with Crippen LogP contribution in [-0.2, 0) is 4.79 Å². The van der Waals surface area contributed by atoms with Crippen LogP contribution in [0, 0.1) is 19.8 Å². The first kappa shape index (κ1) is 12.9. The minimum Gasteiger partial charge on any atom is -0.421 e. The van der Waals surface area contributed by atoms with Gasteiger partial charge < -0.3 is 4.74 Å². The lowest BCUT2D eigenvalue weighted by atomic mass is 10.1. The lowest BCUT2D eigenvalue weighted by Gasteiger charge is -2.11. The van der Waals surface area contributed by atoms with Gasteiger partial charge in [0.1, 0.15) is 5.82 Å². The molecule has 1 atom stereocenters. The van der Waals surface area contributed by atoms with Crippen LogP contribution in [0.3, 0.4) is 0 Å². The van der Waals surface area contributed by atoms with Gasteiger partial charge in [0.15, 0.2) is 10.9 Å². The lowest BCUT2D eigenvalue weighted by Crippen LogP contribution is -2.18. The van der Waals surface area contributed by atoms with Crippen molar-refractivity contribution in [3.8, 4) is 5.75 Å². The molecule has 0 amide bonds. The van der Waals surface area contributed by atoms with Crippen molar-refractivity contribution in [3.63, 3.8) is 0 Å². The van der Waals surface area contributed by atoms with E-state index in [0.717, 1.165) is 6.42 Å².